The van der Waals surface area contributed by atoms with E-state index in [9.17, 15) is 21.6 Å². The first-order chi connectivity index (χ1) is 14.2. The van der Waals surface area contributed by atoms with E-state index in [2.05, 4.69) is 9.64 Å². The van der Waals surface area contributed by atoms with E-state index >= 15 is 0 Å². The molecule has 0 bridgehead atoms. The molecule has 2 aromatic rings. The first kappa shape index (κ1) is 22.4. The van der Waals surface area contributed by atoms with Gasteiger partial charge in [0.1, 0.15) is 16.4 Å². The second-order valence-corrected chi connectivity index (χ2v) is 8.78. The van der Waals surface area contributed by atoms with Gasteiger partial charge in [0.2, 0.25) is 10.0 Å². The second-order valence-electron chi connectivity index (χ2n) is 6.88. The van der Waals surface area contributed by atoms with Crippen LogP contribution in [0.5, 0.6) is 11.5 Å². The van der Waals surface area contributed by atoms with Crippen LogP contribution in [0.15, 0.2) is 53.4 Å². The van der Waals surface area contributed by atoms with E-state index < -0.39 is 27.0 Å². The average Bonchev–Trinajstić information content (AvgIpc) is 2.94. The van der Waals surface area contributed by atoms with Gasteiger partial charge in [-0.05, 0) is 42.8 Å². The number of ether oxygens (including phenoxy) is 2. The van der Waals surface area contributed by atoms with Gasteiger partial charge in [0.15, 0.2) is 0 Å². The largest absolute Gasteiger partial charge is 0.573 e. The molecule has 0 atom stereocenters. The van der Waals surface area contributed by atoms with Gasteiger partial charge in [0, 0.05) is 26.2 Å². The molecule has 1 fully saturated rings. The highest BCUT2D eigenvalue weighted by Crippen LogP contribution is 2.31. The number of nitrogens with zero attached hydrogens (tertiary/aromatic N) is 2. The maximum atomic E-state index is 13.0. The van der Waals surface area contributed by atoms with Crippen molar-refractivity contribution < 1.29 is 31.1 Å². The van der Waals surface area contributed by atoms with Crippen molar-refractivity contribution >= 4 is 10.0 Å². The molecule has 0 spiro atoms. The van der Waals surface area contributed by atoms with Crippen LogP contribution in [0, 0.1) is 0 Å². The molecule has 3 rings (SSSR count). The number of hydrogen-bond acceptors (Lipinski definition) is 5. The Labute approximate surface area is 173 Å². The molecule has 0 N–H and O–H groups in total. The summed E-state index contributed by atoms with van der Waals surface area (Å²) in [6.07, 6.45) is -4.41. The minimum absolute atomic E-state index is 0.179. The maximum Gasteiger partial charge on any atom is 0.573 e. The highest BCUT2D eigenvalue weighted by atomic mass is 32.2. The highest BCUT2D eigenvalue weighted by molar-refractivity contribution is 7.89. The van der Waals surface area contributed by atoms with Gasteiger partial charge in [-0.1, -0.05) is 24.3 Å². The molecule has 0 saturated carbocycles. The fourth-order valence-corrected chi connectivity index (χ4v) is 4.93. The molecule has 164 valence electrons. The summed E-state index contributed by atoms with van der Waals surface area (Å²) in [4.78, 5) is 1.64. The topological polar surface area (TPSA) is 59.1 Å². The monoisotopic (exact) mass is 444 g/mol. The molecule has 1 heterocycles. The Bertz CT molecular complexity index is 949. The third kappa shape index (κ3) is 5.65. The predicted molar refractivity (Wildman–Crippen MR) is 105 cm³/mol. The van der Waals surface area contributed by atoms with Gasteiger partial charge in [0.05, 0.1) is 7.11 Å². The third-order valence-electron chi connectivity index (χ3n) is 4.81. The van der Waals surface area contributed by atoms with Gasteiger partial charge in [0.25, 0.3) is 0 Å². The molecule has 10 heteroatoms. The Hall–Kier alpha value is -2.30. The fraction of sp³-hybridized carbons (Fsp3) is 0.400. The summed E-state index contributed by atoms with van der Waals surface area (Å²) in [5.41, 5.74) is 1.07. The molecule has 0 aliphatic carbocycles. The van der Waals surface area contributed by atoms with Crippen molar-refractivity contribution in [3.05, 3.63) is 54.1 Å². The molecule has 0 radical (unpaired) electrons. The van der Waals surface area contributed by atoms with Crippen molar-refractivity contribution in [2.24, 2.45) is 0 Å². The van der Waals surface area contributed by atoms with E-state index in [1.54, 1.807) is 7.11 Å². The van der Waals surface area contributed by atoms with E-state index in [0.717, 1.165) is 23.4 Å². The highest BCUT2D eigenvalue weighted by Gasteiger charge is 2.36. The van der Waals surface area contributed by atoms with Crippen LogP contribution in [-0.4, -0.2) is 57.3 Å². The lowest BCUT2D eigenvalue weighted by atomic mass is 10.2. The van der Waals surface area contributed by atoms with Crippen molar-refractivity contribution in [1.29, 1.82) is 0 Å². The van der Waals surface area contributed by atoms with Gasteiger partial charge in [-0.25, -0.2) is 8.42 Å². The molecular weight excluding hydrogens is 421 g/mol. The Morgan fingerprint density at radius 2 is 1.67 bits per heavy atom. The number of methoxy groups -OCH3 is 1. The lowest BCUT2D eigenvalue weighted by molar-refractivity contribution is -0.275. The van der Waals surface area contributed by atoms with Gasteiger partial charge in [-0.3, -0.25) is 4.90 Å². The van der Waals surface area contributed by atoms with Crippen molar-refractivity contribution in [2.45, 2.75) is 24.2 Å². The summed E-state index contributed by atoms with van der Waals surface area (Å²) in [5, 5.41) is 0. The molecular formula is C20H23F3N2O4S. The Balaban J connectivity index is 1.71. The zero-order valence-electron chi connectivity index (χ0n) is 16.4. The van der Waals surface area contributed by atoms with Gasteiger partial charge < -0.3 is 9.47 Å². The van der Waals surface area contributed by atoms with Gasteiger partial charge >= 0.3 is 6.36 Å². The standard InChI is InChI=1S/C20H23F3N2O4S/c1-28-17-9-7-16(8-10-17)15-24-11-4-12-25(14-13-24)30(26,27)19-6-3-2-5-18(19)29-20(21,22)23/h2-3,5-10H,4,11-15H2,1H3. The van der Waals surface area contributed by atoms with Crippen molar-refractivity contribution in [3.8, 4) is 11.5 Å². The Morgan fingerprint density at radius 1 is 0.967 bits per heavy atom. The predicted octanol–water partition coefficient (Wildman–Crippen LogP) is 3.49. The summed E-state index contributed by atoms with van der Waals surface area (Å²) in [6, 6.07) is 12.4. The number of benzene rings is 2. The van der Waals surface area contributed by atoms with Crippen LogP contribution < -0.4 is 9.47 Å². The Morgan fingerprint density at radius 3 is 2.33 bits per heavy atom. The molecule has 1 aliphatic rings. The number of para-hydroxylation sites is 1. The first-order valence-electron chi connectivity index (χ1n) is 9.39. The van der Waals surface area contributed by atoms with E-state index in [0.29, 0.717) is 26.1 Å². The summed E-state index contributed by atoms with van der Waals surface area (Å²) < 4.78 is 74.4. The van der Waals surface area contributed by atoms with Crippen LogP contribution in [0.2, 0.25) is 0 Å². The molecule has 2 aromatic carbocycles. The third-order valence-corrected chi connectivity index (χ3v) is 6.74. The van der Waals surface area contributed by atoms with Gasteiger partial charge in [-0.15, -0.1) is 13.2 Å². The van der Waals surface area contributed by atoms with E-state index in [1.807, 2.05) is 24.3 Å². The summed E-state index contributed by atoms with van der Waals surface area (Å²) in [6.45, 7) is 2.19. The van der Waals surface area contributed by atoms with Crippen molar-refractivity contribution in [3.63, 3.8) is 0 Å². The normalized spacial score (nSPS) is 16.8. The average molecular weight is 444 g/mol. The first-order valence-corrected chi connectivity index (χ1v) is 10.8. The molecule has 6 nitrogen and oxygen atoms in total. The smallest absolute Gasteiger partial charge is 0.497 e. The van der Waals surface area contributed by atoms with E-state index in [1.165, 1.54) is 16.4 Å². The second kappa shape index (κ2) is 9.23. The van der Waals surface area contributed by atoms with Crippen LogP contribution in [0.1, 0.15) is 12.0 Å². The molecule has 0 aromatic heterocycles. The zero-order chi connectivity index (χ0) is 21.8. The van der Waals surface area contributed by atoms with Crippen molar-refractivity contribution in [1.82, 2.24) is 9.21 Å². The lowest BCUT2D eigenvalue weighted by Crippen LogP contribution is -2.35. The molecule has 1 saturated heterocycles. The van der Waals surface area contributed by atoms with Crippen molar-refractivity contribution in [2.75, 3.05) is 33.3 Å². The minimum atomic E-state index is -4.97. The summed E-state index contributed by atoms with van der Waals surface area (Å²) >= 11 is 0. The van der Waals surface area contributed by atoms with Crippen LogP contribution in [-0.2, 0) is 16.6 Å². The minimum Gasteiger partial charge on any atom is -0.497 e. The lowest BCUT2D eigenvalue weighted by Gasteiger charge is -2.23. The van der Waals surface area contributed by atoms with Crippen LogP contribution in [0.4, 0.5) is 13.2 Å². The quantitative estimate of drug-likeness (QED) is 0.683. The number of rotatable bonds is 6. The van der Waals surface area contributed by atoms with Crippen LogP contribution in [0.3, 0.4) is 0 Å². The zero-order valence-corrected chi connectivity index (χ0v) is 17.2. The number of hydrogen-bond donors (Lipinski definition) is 0. The summed E-state index contributed by atoms with van der Waals surface area (Å²) in [7, 11) is -2.53. The SMILES string of the molecule is COc1ccc(CN2CCCN(S(=O)(=O)c3ccccc3OC(F)(F)F)CC2)cc1. The number of sulfonamides is 1. The van der Waals surface area contributed by atoms with Gasteiger partial charge in [-0.2, -0.15) is 4.31 Å². The van der Waals surface area contributed by atoms with Crippen LogP contribution >= 0.6 is 0 Å². The maximum absolute atomic E-state index is 13.0. The fourth-order valence-electron chi connectivity index (χ4n) is 3.35. The molecule has 0 unspecified atom stereocenters. The number of alkyl halides is 3. The van der Waals surface area contributed by atoms with E-state index in [-0.39, 0.29) is 13.1 Å². The molecule has 1 aliphatic heterocycles. The van der Waals surface area contributed by atoms with E-state index in [4.69, 9.17) is 4.74 Å². The molecule has 0 amide bonds. The Kier molecular flexibility index (Phi) is 6.89. The van der Waals surface area contributed by atoms with Crippen LogP contribution in [0.25, 0.3) is 0 Å². The molecule has 30 heavy (non-hydrogen) atoms. The summed E-state index contributed by atoms with van der Waals surface area (Å²) in [5.74, 6) is 0.0379. The number of halogens is 3.